The van der Waals surface area contributed by atoms with Gasteiger partial charge in [-0.05, 0) is 37.0 Å². The molecule has 11 heteroatoms. The Labute approximate surface area is 256 Å². The molecule has 3 aromatic rings. The first-order valence-corrected chi connectivity index (χ1v) is 15.1. The topological polar surface area (TPSA) is 121 Å². The molecule has 0 saturated carbocycles. The number of ether oxygens (including phenoxy) is 1. The van der Waals surface area contributed by atoms with E-state index in [1.54, 1.807) is 26.6 Å². The molecule has 3 saturated heterocycles. The Morgan fingerprint density at radius 3 is 2.52 bits per heavy atom. The quantitative estimate of drug-likeness (QED) is 0.300. The van der Waals surface area contributed by atoms with Crippen LogP contribution in [0.3, 0.4) is 0 Å². The van der Waals surface area contributed by atoms with Crippen molar-refractivity contribution in [3.8, 4) is 0 Å². The second-order valence-electron chi connectivity index (χ2n) is 11.7. The summed E-state index contributed by atoms with van der Waals surface area (Å²) in [7, 11) is 0. The summed E-state index contributed by atoms with van der Waals surface area (Å²) in [5, 5.41) is 18.2. The fourth-order valence-electron chi connectivity index (χ4n) is 7.33. The van der Waals surface area contributed by atoms with Crippen molar-refractivity contribution in [2.24, 2.45) is 11.8 Å². The Bertz CT molecular complexity index is 1560. The molecule has 2 unspecified atom stereocenters. The molecular formula is C33H38N6O5. The van der Waals surface area contributed by atoms with Crippen LogP contribution in [0.15, 0.2) is 79.9 Å². The molecule has 230 valence electrons. The smallest absolute Gasteiger partial charge is 0.250 e. The molecule has 3 aliphatic heterocycles. The molecule has 0 aliphatic carbocycles. The summed E-state index contributed by atoms with van der Waals surface area (Å²) in [5.74, 6) is -2.28. The van der Waals surface area contributed by atoms with Gasteiger partial charge in [0.05, 0.1) is 23.5 Å². The maximum atomic E-state index is 14.6. The van der Waals surface area contributed by atoms with Crippen LogP contribution in [-0.4, -0.2) is 96.5 Å². The van der Waals surface area contributed by atoms with Gasteiger partial charge >= 0.3 is 0 Å². The normalized spacial score (nSPS) is 25.3. The largest absolute Gasteiger partial charge is 0.396 e. The zero-order valence-corrected chi connectivity index (χ0v) is 24.7. The highest BCUT2D eigenvalue weighted by molar-refractivity contribution is 5.99. The molecular weight excluding hydrogens is 560 g/mol. The van der Waals surface area contributed by atoms with Crippen LogP contribution < -0.4 is 0 Å². The molecule has 1 spiro atoms. The van der Waals surface area contributed by atoms with Crippen molar-refractivity contribution >= 4 is 28.8 Å². The minimum Gasteiger partial charge on any atom is -0.396 e. The number of nitrogens with zero attached hydrogens (tertiary/aromatic N) is 6. The average molecular weight is 599 g/mol. The van der Waals surface area contributed by atoms with Gasteiger partial charge in [0, 0.05) is 32.8 Å². The highest BCUT2D eigenvalue weighted by Crippen LogP contribution is 2.59. The van der Waals surface area contributed by atoms with E-state index in [9.17, 15) is 19.5 Å². The van der Waals surface area contributed by atoms with Crippen LogP contribution in [0.25, 0.3) is 11.0 Å². The summed E-state index contributed by atoms with van der Waals surface area (Å²) >= 11 is 0. The first-order valence-electron chi connectivity index (χ1n) is 15.1. The van der Waals surface area contributed by atoms with Gasteiger partial charge in [0.1, 0.15) is 23.8 Å². The monoisotopic (exact) mass is 598 g/mol. The number of carbonyl (C=O) groups excluding carboxylic acids is 3. The number of carbonyl (C=O) groups is 3. The number of benzene rings is 2. The Balaban J connectivity index is 1.33. The lowest BCUT2D eigenvalue weighted by Gasteiger charge is -2.36. The van der Waals surface area contributed by atoms with Crippen molar-refractivity contribution in [3.63, 3.8) is 0 Å². The minimum atomic E-state index is -1.15. The first kappa shape index (κ1) is 29.7. The van der Waals surface area contributed by atoms with Gasteiger partial charge in [-0.25, -0.2) is 4.68 Å². The number of aliphatic hydroxyl groups is 1. The minimum absolute atomic E-state index is 0.0978. The molecule has 2 aromatic carbocycles. The Morgan fingerprint density at radius 2 is 1.77 bits per heavy atom. The van der Waals surface area contributed by atoms with Crippen molar-refractivity contribution in [2.75, 3.05) is 26.2 Å². The molecule has 5 atom stereocenters. The number of hydrogen-bond acceptors (Lipinski definition) is 7. The molecule has 3 aliphatic rings. The van der Waals surface area contributed by atoms with Crippen molar-refractivity contribution in [1.29, 1.82) is 0 Å². The zero-order chi connectivity index (χ0) is 30.8. The van der Waals surface area contributed by atoms with Gasteiger partial charge in [0.15, 0.2) is 0 Å². The first-order chi connectivity index (χ1) is 21.4. The number of fused-ring (bicyclic) bond motifs is 2. The molecule has 6 rings (SSSR count). The number of likely N-dealkylation sites (tertiary alicyclic amines) is 1. The number of amides is 3. The van der Waals surface area contributed by atoms with E-state index in [4.69, 9.17) is 4.74 Å². The molecule has 1 aromatic heterocycles. The van der Waals surface area contributed by atoms with Gasteiger partial charge in [0.25, 0.3) is 0 Å². The average Bonchev–Trinajstić information content (AvgIpc) is 3.79. The van der Waals surface area contributed by atoms with Crippen molar-refractivity contribution in [2.45, 2.75) is 50.2 Å². The van der Waals surface area contributed by atoms with E-state index in [0.717, 1.165) is 11.1 Å². The summed E-state index contributed by atoms with van der Waals surface area (Å²) in [6.07, 6.45) is 4.20. The van der Waals surface area contributed by atoms with E-state index >= 15 is 0 Å². The second kappa shape index (κ2) is 12.3. The van der Waals surface area contributed by atoms with Gasteiger partial charge in [-0.2, -0.15) is 0 Å². The predicted octanol–water partition coefficient (Wildman–Crippen LogP) is 2.38. The maximum absolute atomic E-state index is 14.6. The number of hydrogen-bond donors (Lipinski definition) is 1. The lowest BCUT2D eigenvalue weighted by Crippen LogP contribution is -2.56. The molecule has 44 heavy (non-hydrogen) atoms. The molecule has 0 radical (unpaired) electrons. The molecule has 3 amide bonds. The predicted molar refractivity (Wildman–Crippen MR) is 163 cm³/mol. The van der Waals surface area contributed by atoms with Crippen molar-refractivity contribution in [1.82, 2.24) is 29.7 Å². The van der Waals surface area contributed by atoms with Gasteiger partial charge in [0.2, 0.25) is 17.7 Å². The highest BCUT2D eigenvalue weighted by atomic mass is 16.5. The molecule has 4 heterocycles. The summed E-state index contributed by atoms with van der Waals surface area (Å²) in [4.78, 5) is 47.9. The van der Waals surface area contributed by atoms with Gasteiger partial charge in [-0.3, -0.25) is 14.4 Å². The maximum Gasteiger partial charge on any atom is 0.250 e. The molecule has 1 N–H and O–H groups in total. The lowest BCUT2D eigenvalue weighted by molar-refractivity contribution is -0.150. The summed E-state index contributed by atoms with van der Waals surface area (Å²) in [6.45, 7) is 8.75. The van der Waals surface area contributed by atoms with Crippen LogP contribution in [0.2, 0.25) is 0 Å². The fraction of sp³-hybridized carbons (Fsp3) is 0.424. The fourth-order valence-corrected chi connectivity index (χ4v) is 7.33. The van der Waals surface area contributed by atoms with E-state index in [-0.39, 0.29) is 44.1 Å². The third-order valence-corrected chi connectivity index (χ3v) is 9.14. The Morgan fingerprint density at radius 1 is 1.05 bits per heavy atom. The molecule has 3 fully saturated rings. The third-order valence-electron chi connectivity index (χ3n) is 9.14. The number of aromatic nitrogens is 3. The standard InChI is InChI=1S/C33H38N6O5/c1-3-17-36(21-23-11-6-5-7-12-23)30(41)27-26-15-16-33(44-26)28(27)31(42)38(19-10-20-40)29(33)32(43)37(18-4-2)22-39-25-14-9-8-13-24(25)34-35-39/h3-9,11-14,26-29,40H,1-2,10,15-22H2/t26-,27+,28-,29?,33?/m0/s1. The van der Waals surface area contributed by atoms with Gasteiger partial charge in [-0.15, -0.1) is 18.3 Å². The Hall–Kier alpha value is -4.35. The van der Waals surface area contributed by atoms with Crippen LogP contribution in [0.4, 0.5) is 0 Å². The SMILES string of the molecule is C=CCN(Cn1nnc2ccccc21)C(=O)C1N(CCCO)C(=O)[C@@H]2[C@H](C(=O)N(CC=C)Cc3ccccc3)[C@@H]3CCC12O3. The Kier molecular flexibility index (Phi) is 8.33. The van der Waals surface area contributed by atoms with Gasteiger partial charge < -0.3 is 24.5 Å². The van der Waals surface area contributed by atoms with E-state index in [2.05, 4.69) is 23.5 Å². The zero-order valence-electron chi connectivity index (χ0n) is 24.7. The van der Waals surface area contributed by atoms with Crippen LogP contribution in [-0.2, 0) is 32.3 Å². The summed E-state index contributed by atoms with van der Waals surface area (Å²) in [5.41, 5.74) is 1.30. The lowest BCUT2D eigenvalue weighted by atomic mass is 9.70. The number of para-hydroxylation sites is 1. The van der Waals surface area contributed by atoms with E-state index in [1.165, 1.54) is 4.90 Å². The second-order valence-corrected chi connectivity index (χ2v) is 11.7. The van der Waals surface area contributed by atoms with Crippen LogP contribution >= 0.6 is 0 Å². The summed E-state index contributed by atoms with van der Waals surface area (Å²) < 4.78 is 8.29. The van der Waals surface area contributed by atoms with E-state index < -0.39 is 29.6 Å². The number of rotatable bonds is 13. The third kappa shape index (κ3) is 4.99. The van der Waals surface area contributed by atoms with Crippen molar-refractivity contribution < 1.29 is 24.2 Å². The van der Waals surface area contributed by atoms with E-state index in [1.807, 2.05) is 54.6 Å². The highest BCUT2D eigenvalue weighted by Gasteiger charge is 2.74. The van der Waals surface area contributed by atoms with Crippen LogP contribution in [0.5, 0.6) is 0 Å². The van der Waals surface area contributed by atoms with Gasteiger partial charge in [-0.1, -0.05) is 59.8 Å². The molecule has 2 bridgehead atoms. The van der Waals surface area contributed by atoms with Crippen molar-refractivity contribution in [3.05, 3.63) is 85.5 Å². The molecule has 11 nitrogen and oxygen atoms in total. The van der Waals surface area contributed by atoms with E-state index in [0.29, 0.717) is 37.9 Å². The van der Waals surface area contributed by atoms with Crippen LogP contribution in [0, 0.1) is 11.8 Å². The van der Waals surface area contributed by atoms with Crippen LogP contribution in [0.1, 0.15) is 24.8 Å². The summed E-state index contributed by atoms with van der Waals surface area (Å²) in [6, 6.07) is 16.2. The number of aliphatic hydroxyl groups excluding tert-OH is 1.